The Labute approximate surface area is 118 Å². The number of nitrogens with two attached hydrogens (primary N) is 1. The molecule has 1 aromatic carbocycles. The second-order valence-electron chi connectivity index (χ2n) is 6.46. The summed E-state index contributed by atoms with van der Waals surface area (Å²) in [6.07, 6.45) is 4.95. The second-order valence-corrected chi connectivity index (χ2v) is 6.46. The Balaban J connectivity index is 1.97. The zero-order chi connectivity index (χ0) is 13.9. The quantitative estimate of drug-likeness (QED) is 0.878. The van der Waals surface area contributed by atoms with Gasteiger partial charge in [0.15, 0.2) is 0 Å². The molecule has 0 aliphatic carbocycles. The smallest absolute Gasteiger partial charge is 0.0424 e. The molecule has 1 aromatic rings. The Morgan fingerprint density at radius 1 is 1.26 bits per heavy atom. The standard InChI is InChI=1S/C17H28N2/c1-4-6-14-7-9-15(10-8-14)16(18)13-19-12-5-11-17(19,2)3/h7-10,16H,4-6,11-13,18H2,1-3H3. The van der Waals surface area contributed by atoms with E-state index in [9.17, 15) is 0 Å². The van der Waals surface area contributed by atoms with E-state index in [2.05, 4.69) is 49.9 Å². The monoisotopic (exact) mass is 260 g/mol. The topological polar surface area (TPSA) is 29.3 Å². The molecule has 0 radical (unpaired) electrons. The molecule has 2 rings (SSSR count). The molecule has 2 heteroatoms. The summed E-state index contributed by atoms with van der Waals surface area (Å²) < 4.78 is 0. The summed E-state index contributed by atoms with van der Waals surface area (Å²) in [6, 6.07) is 9.01. The van der Waals surface area contributed by atoms with Gasteiger partial charge in [-0.3, -0.25) is 4.90 Å². The van der Waals surface area contributed by atoms with Gasteiger partial charge in [0, 0.05) is 18.1 Å². The van der Waals surface area contributed by atoms with E-state index in [-0.39, 0.29) is 6.04 Å². The molecule has 1 unspecified atom stereocenters. The summed E-state index contributed by atoms with van der Waals surface area (Å²) >= 11 is 0. The molecule has 1 aliphatic rings. The molecule has 0 aromatic heterocycles. The van der Waals surface area contributed by atoms with Crippen molar-refractivity contribution in [2.75, 3.05) is 13.1 Å². The van der Waals surface area contributed by atoms with Crippen LogP contribution in [0.25, 0.3) is 0 Å². The van der Waals surface area contributed by atoms with E-state index in [4.69, 9.17) is 5.73 Å². The Hall–Kier alpha value is -0.860. The van der Waals surface area contributed by atoms with E-state index in [0.29, 0.717) is 5.54 Å². The van der Waals surface area contributed by atoms with Gasteiger partial charge < -0.3 is 5.73 Å². The van der Waals surface area contributed by atoms with Gasteiger partial charge in [-0.1, -0.05) is 37.6 Å². The highest BCUT2D eigenvalue weighted by Crippen LogP contribution is 2.29. The number of hydrogen-bond donors (Lipinski definition) is 1. The Bertz CT molecular complexity index is 394. The van der Waals surface area contributed by atoms with Crippen LogP contribution in [0.3, 0.4) is 0 Å². The molecule has 1 heterocycles. The van der Waals surface area contributed by atoms with Crippen molar-refractivity contribution in [3.8, 4) is 0 Å². The lowest BCUT2D eigenvalue weighted by molar-refractivity contribution is 0.165. The summed E-state index contributed by atoms with van der Waals surface area (Å²) in [5.41, 5.74) is 9.38. The van der Waals surface area contributed by atoms with Crippen LogP contribution in [-0.4, -0.2) is 23.5 Å². The second kappa shape index (κ2) is 6.06. The lowest BCUT2D eigenvalue weighted by atomic mass is 9.99. The molecule has 0 amide bonds. The van der Waals surface area contributed by atoms with E-state index in [1.165, 1.54) is 36.9 Å². The number of likely N-dealkylation sites (tertiary alicyclic amines) is 1. The van der Waals surface area contributed by atoms with Crippen molar-refractivity contribution < 1.29 is 0 Å². The zero-order valence-corrected chi connectivity index (χ0v) is 12.7. The van der Waals surface area contributed by atoms with Crippen LogP contribution >= 0.6 is 0 Å². The first-order valence-corrected chi connectivity index (χ1v) is 7.62. The Kier molecular flexibility index (Phi) is 4.64. The van der Waals surface area contributed by atoms with Crippen molar-refractivity contribution in [1.29, 1.82) is 0 Å². The maximum atomic E-state index is 6.38. The van der Waals surface area contributed by atoms with Crippen LogP contribution in [0.15, 0.2) is 24.3 Å². The predicted molar refractivity (Wildman–Crippen MR) is 82.3 cm³/mol. The van der Waals surface area contributed by atoms with Crippen molar-refractivity contribution in [3.63, 3.8) is 0 Å². The Morgan fingerprint density at radius 2 is 1.95 bits per heavy atom. The minimum atomic E-state index is 0.132. The summed E-state index contributed by atoms with van der Waals surface area (Å²) in [5.74, 6) is 0. The van der Waals surface area contributed by atoms with E-state index in [0.717, 1.165) is 13.0 Å². The fourth-order valence-corrected chi connectivity index (χ4v) is 3.06. The van der Waals surface area contributed by atoms with Gasteiger partial charge in [0.25, 0.3) is 0 Å². The lowest BCUT2D eigenvalue weighted by Gasteiger charge is -2.33. The van der Waals surface area contributed by atoms with Crippen LogP contribution in [0.1, 0.15) is 57.2 Å². The first-order valence-electron chi connectivity index (χ1n) is 7.62. The molecule has 1 saturated heterocycles. The fourth-order valence-electron chi connectivity index (χ4n) is 3.06. The van der Waals surface area contributed by atoms with Gasteiger partial charge in [-0.15, -0.1) is 0 Å². The number of aryl methyl sites for hydroxylation is 1. The van der Waals surface area contributed by atoms with Gasteiger partial charge in [-0.25, -0.2) is 0 Å². The molecule has 1 fully saturated rings. The van der Waals surface area contributed by atoms with Gasteiger partial charge in [0.1, 0.15) is 0 Å². The maximum absolute atomic E-state index is 6.38. The van der Waals surface area contributed by atoms with Crippen LogP contribution in [0, 0.1) is 0 Å². The van der Waals surface area contributed by atoms with Crippen LogP contribution in [0.2, 0.25) is 0 Å². The molecule has 0 saturated carbocycles. The largest absolute Gasteiger partial charge is 0.323 e. The molecule has 1 aliphatic heterocycles. The summed E-state index contributed by atoms with van der Waals surface area (Å²) in [7, 11) is 0. The SMILES string of the molecule is CCCc1ccc(C(N)CN2CCCC2(C)C)cc1. The molecule has 2 N–H and O–H groups in total. The average Bonchev–Trinajstić information content (AvgIpc) is 2.70. The highest BCUT2D eigenvalue weighted by molar-refractivity contribution is 5.25. The third-order valence-electron chi connectivity index (χ3n) is 4.44. The van der Waals surface area contributed by atoms with Gasteiger partial charge in [-0.05, 0) is 50.8 Å². The minimum Gasteiger partial charge on any atom is -0.323 e. The Morgan fingerprint density at radius 3 is 2.47 bits per heavy atom. The summed E-state index contributed by atoms with van der Waals surface area (Å²) in [4.78, 5) is 2.54. The average molecular weight is 260 g/mol. The molecule has 106 valence electrons. The van der Waals surface area contributed by atoms with Gasteiger partial charge in [0.05, 0.1) is 0 Å². The molecule has 1 atom stereocenters. The zero-order valence-electron chi connectivity index (χ0n) is 12.7. The van der Waals surface area contributed by atoms with Crippen molar-refractivity contribution in [3.05, 3.63) is 35.4 Å². The van der Waals surface area contributed by atoms with E-state index >= 15 is 0 Å². The van der Waals surface area contributed by atoms with E-state index in [1.807, 2.05) is 0 Å². The van der Waals surface area contributed by atoms with Gasteiger partial charge in [-0.2, -0.15) is 0 Å². The number of hydrogen-bond acceptors (Lipinski definition) is 2. The van der Waals surface area contributed by atoms with E-state index in [1.54, 1.807) is 0 Å². The number of rotatable bonds is 5. The first kappa shape index (κ1) is 14.5. The third-order valence-corrected chi connectivity index (χ3v) is 4.44. The summed E-state index contributed by atoms with van der Waals surface area (Å²) in [5, 5.41) is 0. The summed E-state index contributed by atoms with van der Waals surface area (Å²) in [6.45, 7) is 9.04. The van der Waals surface area contributed by atoms with Crippen molar-refractivity contribution >= 4 is 0 Å². The minimum absolute atomic E-state index is 0.132. The molecule has 0 bridgehead atoms. The van der Waals surface area contributed by atoms with Gasteiger partial charge >= 0.3 is 0 Å². The van der Waals surface area contributed by atoms with Crippen molar-refractivity contribution in [2.45, 2.75) is 58.0 Å². The predicted octanol–water partition coefficient (Wildman–Crippen LogP) is 3.51. The highest BCUT2D eigenvalue weighted by Gasteiger charge is 2.32. The van der Waals surface area contributed by atoms with Crippen LogP contribution in [-0.2, 0) is 6.42 Å². The number of benzene rings is 1. The fraction of sp³-hybridized carbons (Fsp3) is 0.647. The van der Waals surface area contributed by atoms with Crippen LogP contribution in [0.5, 0.6) is 0 Å². The first-order chi connectivity index (χ1) is 9.03. The van der Waals surface area contributed by atoms with Crippen molar-refractivity contribution in [1.82, 2.24) is 4.90 Å². The highest BCUT2D eigenvalue weighted by atomic mass is 15.2. The van der Waals surface area contributed by atoms with E-state index < -0.39 is 0 Å². The number of nitrogens with zero attached hydrogens (tertiary/aromatic N) is 1. The molecular formula is C17H28N2. The molecular weight excluding hydrogens is 232 g/mol. The molecule has 2 nitrogen and oxygen atoms in total. The third kappa shape index (κ3) is 3.58. The van der Waals surface area contributed by atoms with Gasteiger partial charge in [0.2, 0.25) is 0 Å². The lowest BCUT2D eigenvalue weighted by Crippen LogP contribution is -2.42. The molecule has 19 heavy (non-hydrogen) atoms. The molecule has 0 spiro atoms. The normalized spacial score (nSPS) is 20.6. The maximum Gasteiger partial charge on any atom is 0.0424 e. The van der Waals surface area contributed by atoms with Crippen LogP contribution in [0.4, 0.5) is 0 Å². The van der Waals surface area contributed by atoms with Crippen LogP contribution < -0.4 is 5.73 Å². The van der Waals surface area contributed by atoms with Crippen molar-refractivity contribution in [2.24, 2.45) is 5.73 Å².